The smallest absolute Gasteiger partial charge is 0.344 e. The Morgan fingerprint density at radius 1 is 1.13 bits per heavy atom. The van der Waals surface area contributed by atoms with Crippen molar-refractivity contribution in [3.05, 3.63) is 67.9 Å². The molecule has 0 aliphatic heterocycles. The third-order valence-electron chi connectivity index (χ3n) is 4.10. The summed E-state index contributed by atoms with van der Waals surface area (Å²) in [6.07, 6.45) is 0. The van der Waals surface area contributed by atoms with Crippen LogP contribution >= 0.6 is 11.3 Å². The Morgan fingerprint density at radius 3 is 2.30 bits per heavy atom. The van der Waals surface area contributed by atoms with E-state index in [9.17, 15) is 19.7 Å². The van der Waals surface area contributed by atoms with E-state index in [4.69, 9.17) is 9.15 Å². The Labute approximate surface area is 176 Å². The van der Waals surface area contributed by atoms with Gasteiger partial charge in [-0.25, -0.2) is 4.79 Å². The largest absolute Gasteiger partial charge is 0.465 e. The molecule has 0 atom stereocenters. The Morgan fingerprint density at radius 2 is 1.80 bits per heavy atom. The Balaban J connectivity index is 2.27. The molecule has 9 heteroatoms. The van der Waals surface area contributed by atoms with E-state index in [0.717, 1.165) is 0 Å². The summed E-state index contributed by atoms with van der Waals surface area (Å²) in [4.78, 5) is 36.8. The molecule has 0 radical (unpaired) electrons. The number of nitro groups is 1. The average molecular weight is 428 g/mol. The fraction of sp³-hybridized carbons (Fsp3) is 0.238. The highest BCUT2D eigenvalue weighted by Crippen LogP contribution is 2.39. The number of nitrogens with zero attached hydrogens (tertiary/aromatic N) is 1. The maximum Gasteiger partial charge on any atom is 0.344 e. The van der Waals surface area contributed by atoms with Crippen molar-refractivity contribution < 1.29 is 23.7 Å². The summed E-state index contributed by atoms with van der Waals surface area (Å²) >= 11 is 1.23. The van der Waals surface area contributed by atoms with Crippen LogP contribution in [0.5, 0.6) is 0 Å². The van der Waals surface area contributed by atoms with Gasteiger partial charge in [0.2, 0.25) is 11.7 Å². The quantitative estimate of drug-likeness (QED) is 0.250. The number of nitro benzene ring substituents is 1. The molecule has 3 aromatic rings. The predicted octanol–water partition coefficient (Wildman–Crippen LogP) is 5.14. The zero-order chi connectivity index (χ0) is 22.1. The Hall–Kier alpha value is -3.46. The first kappa shape index (κ1) is 21.3. The number of ketones is 1. The number of hydrogen-bond acceptors (Lipinski definition) is 8. The zero-order valence-electron chi connectivity index (χ0n) is 16.8. The second-order valence-electron chi connectivity index (χ2n) is 7.49. The highest BCUT2D eigenvalue weighted by Gasteiger charge is 2.34. The number of hydrogen-bond donors (Lipinski definition) is 1. The SMILES string of the molecule is COC(=O)c1c(NC(C)(C)C)oc(-c2ccc([N+](=O)[O-])cc2)c1C(=O)c1cccs1. The molecular formula is C21H20N2O6S. The van der Waals surface area contributed by atoms with E-state index in [-0.39, 0.29) is 28.5 Å². The maximum atomic E-state index is 13.3. The van der Waals surface area contributed by atoms with Gasteiger partial charge in [0, 0.05) is 23.2 Å². The summed E-state index contributed by atoms with van der Waals surface area (Å²) in [6, 6.07) is 8.96. The number of ether oxygens (including phenoxy) is 1. The van der Waals surface area contributed by atoms with E-state index >= 15 is 0 Å². The van der Waals surface area contributed by atoms with Gasteiger partial charge < -0.3 is 14.5 Å². The van der Waals surface area contributed by atoms with Crippen molar-refractivity contribution in [1.29, 1.82) is 0 Å². The van der Waals surface area contributed by atoms with Gasteiger partial charge in [-0.15, -0.1) is 11.3 Å². The summed E-state index contributed by atoms with van der Waals surface area (Å²) in [6.45, 7) is 5.63. The number of esters is 1. The van der Waals surface area contributed by atoms with E-state index in [0.29, 0.717) is 10.4 Å². The van der Waals surface area contributed by atoms with Crippen LogP contribution in [-0.4, -0.2) is 29.3 Å². The number of rotatable bonds is 6. The molecule has 0 aliphatic carbocycles. The van der Waals surface area contributed by atoms with Gasteiger partial charge in [-0.05, 0) is 44.4 Å². The maximum absolute atomic E-state index is 13.3. The minimum atomic E-state index is -0.724. The first-order chi connectivity index (χ1) is 14.1. The van der Waals surface area contributed by atoms with Gasteiger partial charge in [-0.3, -0.25) is 14.9 Å². The molecule has 0 unspecified atom stereocenters. The number of carbonyl (C=O) groups is 2. The summed E-state index contributed by atoms with van der Waals surface area (Å²) in [7, 11) is 1.22. The normalized spacial score (nSPS) is 11.2. The van der Waals surface area contributed by atoms with Crippen molar-refractivity contribution in [2.24, 2.45) is 0 Å². The molecule has 8 nitrogen and oxygen atoms in total. The molecule has 156 valence electrons. The monoisotopic (exact) mass is 428 g/mol. The number of methoxy groups -OCH3 is 1. The third-order valence-corrected chi connectivity index (χ3v) is 4.97. The fourth-order valence-electron chi connectivity index (χ4n) is 2.84. The molecule has 0 saturated heterocycles. The lowest BCUT2D eigenvalue weighted by Gasteiger charge is -2.20. The topological polar surface area (TPSA) is 112 Å². The van der Waals surface area contributed by atoms with Crippen molar-refractivity contribution in [1.82, 2.24) is 0 Å². The summed E-state index contributed by atoms with van der Waals surface area (Å²) in [5.74, 6) is -0.888. The number of furan rings is 1. The molecule has 1 N–H and O–H groups in total. The van der Waals surface area contributed by atoms with Crippen LogP contribution in [0, 0.1) is 10.1 Å². The highest BCUT2D eigenvalue weighted by atomic mass is 32.1. The van der Waals surface area contributed by atoms with Gasteiger partial charge in [0.1, 0.15) is 11.3 Å². The van der Waals surface area contributed by atoms with Crippen molar-refractivity contribution in [3.63, 3.8) is 0 Å². The first-order valence-corrected chi connectivity index (χ1v) is 9.86. The van der Waals surface area contributed by atoms with Crippen LogP contribution in [0.3, 0.4) is 0 Å². The molecule has 0 aliphatic rings. The molecule has 2 aromatic heterocycles. The number of non-ortho nitro benzene ring substituents is 1. The molecule has 2 heterocycles. The van der Waals surface area contributed by atoms with E-state index in [1.807, 2.05) is 20.8 Å². The van der Waals surface area contributed by atoms with Crippen molar-refractivity contribution >= 4 is 34.7 Å². The van der Waals surface area contributed by atoms with E-state index < -0.39 is 22.2 Å². The van der Waals surface area contributed by atoms with Gasteiger partial charge in [0.15, 0.2) is 0 Å². The minimum absolute atomic E-state index is 0.0147. The van der Waals surface area contributed by atoms with Crippen molar-refractivity contribution in [3.8, 4) is 11.3 Å². The summed E-state index contributed by atoms with van der Waals surface area (Å²) < 4.78 is 10.9. The molecule has 30 heavy (non-hydrogen) atoms. The summed E-state index contributed by atoms with van der Waals surface area (Å²) in [5, 5.41) is 15.8. The van der Waals surface area contributed by atoms with Gasteiger partial charge in [0.05, 0.1) is 22.5 Å². The number of thiophene rings is 1. The molecule has 3 rings (SSSR count). The highest BCUT2D eigenvalue weighted by molar-refractivity contribution is 7.12. The van der Waals surface area contributed by atoms with Gasteiger partial charge in [0.25, 0.3) is 5.69 Å². The standard InChI is InChI=1S/C21H20N2O6S/c1-21(2,3)22-19-16(20(25)28-4)15(17(24)14-6-5-11-30-14)18(29-19)12-7-9-13(10-8-12)23(26)27/h5-11,22H,1-4H3. The third kappa shape index (κ3) is 4.25. The van der Waals surface area contributed by atoms with Crippen LogP contribution in [0.1, 0.15) is 46.4 Å². The number of carbonyl (C=O) groups excluding carboxylic acids is 2. The Bertz CT molecular complexity index is 1090. The molecular weight excluding hydrogens is 408 g/mol. The lowest BCUT2D eigenvalue weighted by atomic mass is 9.99. The van der Waals surface area contributed by atoms with Crippen molar-refractivity contribution in [2.45, 2.75) is 26.3 Å². The number of benzene rings is 1. The van der Waals surface area contributed by atoms with E-state index in [1.54, 1.807) is 17.5 Å². The molecule has 0 spiro atoms. The lowest BCUT2D eigenvalue weighted by Crippen LogP contribution is -2.27. The first-order valence-electron chi connectivity index (χ1n) is 8.98. The molecule has 0 bridgehead atoms. The molecule has 0 amide bonds. The van der Waals surface area contributed by atoms with Crippen LogP contribution in [0.25, 0.3) is 11.3 Å². The van der Waals surface area contributed by atoms with Crippen LogP contribution in [-0.2, 0) is 4.74 Å². The van der Waals surface area contributed by atoms with E-state index in [1.165, 1.54) is 42.7 Å². The van der Waals surface area contributed by atoms with Gasteiger partial charge >= 0.3 is 5.97 Å². The van der Waals surface area contributed by atoms with Gasteiger partial charge in [-0.1, -0.05) is 6.07 Å². The Kier molecular flexibility index (Phi) is 5.75. The minimum Gasteiger partial charge on any atom is -0.465 e. The van der Waals surface area contributed by atoms with E-state index in [2.05, 4.69) is 5.32 Å². The van der Waals surface area contributed by atoms with Crippen LogP contribution in [0.4, 0.5) is 11.6 Å². The summed E-state index contributed by atoms with van der Waals surface area (Å²) in [5.41, 5.74) is -0.120. The average Bonchev–Trinajstić information content (AvgIpc) is 3.34. The van der Waals surface area contributed by atoms with Gasteiger partial charge in [-0.2, -0.15) is 0 Å². The molecule has 1 aromatic carbocycles. The number of nitrogens with one attached hydrogen (secondary N) is 1. The van der Waals surface area contributed by atoms with Crippen LogP contribution in [0.15, 0.2) is 46.2 Å². The lowest BCUT2D eigenvalue weighted by molar-refractivity contribution is -0.384. The zero-order valence-corrected chi connectivity index (χ0v) is 17.7. The van der Waals surface area contributed by atoms with Crippen molar-refractivity contribution in [2.75, 3.05) is 12.4 Å². The molecule has 0 saturated carbocycles. The number of anilines is 1. The predicted molar refractivity (Wildman–Crippen MR) is 113 cm³/mol. The fourth-order valence-corrected chi connectivity index (χ4v) is 3.51. The second kappa shape index (κ2) is 8.11. The molecule has 0 fully saturated rings. The van der Waals surface area contributed by atoms with Crippen LogP contribution < -0.4 is 5.32 Å². The second-order valence-corrected chi connectivity index (χ2v) is 8.43. The van der Waals surface area contributed by atoms with Crippen LogP contribution in [0.2, 0.25) is 0 Å².